The van der Waals surface area contributed by atoms with Crippen LogP contribution in [0.3, 0.4) is 0 Å². The zero-order chi connectivity index (χ0) is 18.2. The van der Waals surface area contributed by atoms with Gasteiger partial charge in [0.05, 0.1) is 20.3 Å². The maximum Gasteiger partial charge on any atom is 0.166 e. The fraction of sp³-hybridized carbons (Fsp3) is 0.316. The van der Waals surface area contributed by atoms with Crippen LogP contribution in [0.1, 0.15) is 24.1 Å². The van der Waals surface area contributed by atoms with E-state index >= 15 is 0 Å². The van der Waals surface area contributed by atoms with E-state index < -0.39 is 0 Å². The van der Waals surface area contributed by atoms with E-state index in [-0.39, 0.29) is 6.04 Å². The summed E-state index contributed by atoms with van der Waals surface area (Å²) >= 11 is 5.35. The number of hydrogen-bond acceptors (Lipinski definition) is 4. The lowest BCUT2D eigenvalue weighted by Crippen LogP contribution is -2.37. The molecule has 25 heavy (non-hydrogen) atoms. The molecule has 3 N–H and O–H groups in total. The standard InChI is InChI=1S/C19H24N2O3S/c1-13(15-8-9-17(23-2)18(12-15)24-3)21-19(25)20-11-10-14-6-4-5-7-16(14)22/h4-9,12-13,22H,10-11H2,1-3H3,(H2,20,21,25)/t13-/m1/s1. The van der Waals surface area contributed by atoms with Gasteiger partial charge in [-0.2, -0.15) is 0 Å². The quantitative estimate of drug-likeness (QED) is 0.659. The first-order valence-corrected chi connectivity index (χ1v) is 8.49. The molecular weight excluding hydrogens is 336 g/mol. The second-order valence-electron chi connectivity index (χ2n) is 5.62. The lowest BCUT2D eigenvalue weighted by Gasteiger charge is -2.19. The van der Waals surface area contributed by atoms with Gasteiger partial charge in [0.2, 0.25) is 0 Å². The van der Waals surface area contributed by atoms with Crippen LogP contribution in [0, 0.1) is 0 Å². The lowest BCUT2D eigenvalue weighted by molar-refractivity contribution is 0.354. The van der Waals surface area contributed by atoms with E-state index in [1.54, 1.807) is 20.3 Å². The summed E-state index contributed by atoms with van der Waals surface area (Å²) in [6.45, 7) is 2.67. The van der Waals surface area contributed by atoms with Gasteiger partial charge in [-0.3, -0.25) is 0 Å². The Morgan fingerprint density at radius 3 is 2.52 bits per heavy atom. The Morgan fingerprint density at radius 2 is 1.84 bits per heavy atom. The second-order valence-corrected chi connectivity index (χ2v) is 6.02. The summed E-state index contributed by atoms with van der Waals surface area (Å²) in [5.74, 6) is 1.69. The minimum Gasteiger partial charge on any atom is -0.508 e. The van der Waals surface area contributed by atoms with E-state index in [0.29, 0.717) is 35.3 Å². The van der Waals surface area contributed by atoms with E-state index in [0.717, 1.165) is 11.1 Å². The first-order valence-electron chi connectivity index (χ1n) is 8.08. The molecular formula is C19H24N2O3S. The Kier molecular flexibility index (Phi) is 6.89. The van der Waals surface area contributed by atoms with Crippen LogP contribution in [0.2, 0.25) is 0 Å². The van der Waals surface area contributed by atoms with Crippen molar-refractivity contribution in [3.05, 3.63) is 53.6 Å². The summed E-state index contributed by atoms with van der Waals surface area (Å²) in [6, 6.07) is 13.1. The van der Waals surface area contributed by atoms with Gasteiger partial charge in [-0.05, 0) is 54.9 Å². The highest BCUT2D eigenvalue weighted by Crippen LogP contribution is 2.29. The Hall–Kier alpha value is -2.47. The van der Waals surface area contributed by atoms with Crippen LogP contribution in [0.4, 0.5) is 0 Å². The molecule has 0 radical (unpaired) electrons. The minimum atomic E-state index is 0.0185. The van der Waals surface area contributed by atoms with Crippen LogP contribution in [0.5, 0.6) is 17.2 Å². The molecule has 0 aliphatic heterocycles. The van der Waals surface area contributed by atoms with Gasteiger partial charge < -0.3 is 25.2 Å². The Bertz CT molecular complexity index is 722. The molecule has 6 heteroatoms. The summed E-state index contributed by atoms with van der Waals surface area (Å²) in [5.41, 5.74) is 1.94. The SMILES string of the molecule is COc1ccc([C@@H](C)NC(=S)NCCc2ccccc2O)cc1OC. The normalized spacial score (nSPS) is 11.5. The van der Waals surface area contributed by atoms with E-state index in [2.05, 4.69) is 10.6 Å². The summed E-state index contributed by atoms with van der Waals surface area (Å²) in [5, 5.41) is 16.7. The minimum absolute atomic E-state index is 0.0185. The molecule has 0 heterocycles. The van der Waals surface area contributed by atoms with Gasteiger partial charge in [0.25, 0.3) is 0 Å². The van der Waals surface area contributed by atoms with Crippen molar-refractivity contribution in [3.8, 4) is 17.2 Å². The van der Waals surface area contributed by atoms with Crippen molar-refractivity contribution in [1.29, 1.82) is 0 Å². The fourth-order valence-electron chi connectivity index (χ4n) is 2.49. The van der Waals surface area contributed by atoms with E-state index in [1.807, 2.05) is 43.3 Å². The molecule has 0 unspecified atom stereocenters. The molecule has 0 amide bonds. The number of phenols is 1. The topological polar surface area (TPSA) is 62.8 Å². The molecule has 0 bridgehead atoms. The van der Waals surface area contributed by atoms with Crippen LogP contribution >= 0.6 is 12.2 Å². The van der Waals surface area contributed by atoms with Gasteiger partial charge in [0, 0.05) is 6.54 Å². The number of ether oxygens (including phenoxy) is 2. The third-order valence-electron chi connectivity index (χ3n) is 3.93. The molecule has 0 saturated heterocycles. The van der Waals surface area contributed by atoms with Crippen molar-refractivity contribution >= 4 is 17.3 Å². The number of para-hydroxylation sites is 1. The molecule has 0 aromatic heterocycles. The van der Waals surface area contributed by atoms with Gasteiger partial charge in [0.1, 0.15) is 5.75 Å². The number of benzene rings is 2. The van der Waals surface area contributed by atoms with Crippen molar-refractivity contribution < 1.29 is 14.6 Å². The molecule has 0 aliphatic rings. The Morgan fingerprint density at radius 1 is 1.12 bits per heavy atom. The molecule has 134 valence electrons. The lowest BCUT2D eigenvalue weighted by atomic mass is 10.1. The van der Waals surface area contributed by atoms with Gasteiger partial charge in [-0.15, -0.1) is 0 Å². The smallest absolute Gasteiger partial charge is 0.166 e. The first-order chi connectivity index (χ1) is 12.0. The molecule has 0 saturated carbocycles. The molecule has 0 aliphatic carbocycles. The largest absolute Gasteiger partial charge is 0.508 e. The number of rotatable bonds is 7. The molecule has 5 nitrogen and oxygen atoms in total. The van der Waals surface area contributed by atoms with Crippen LogP contribution in [0.15, 0.2) is 42.5 Å². The predicted molar refractivity (Wildman–Crippen MR) is 104 cm³/mol. The maximum absolute atomic E-state index is 9.76. The number of phenolic OH excluding ortho intramolecular Hbond substituents is 1. The summed E-state index contributed by atoms with van der Waals surface area (Å²) in [4.78, 5) is 0. The molecule has 0 fully saturated rings. The average molecular weight is 360 g/mol. The first kappa shape index (κ1) is 18.9. The van der Waals surface area contributed by atoms with Crippen LogP contribution in [-0.2, 0) is 6.42 Å². The fourth-order valence-corrected chi connectivity index (χ4v) is 2.76. The number of methoxy groups -OCH3 is 2. The number of thiocarbonyl (C=S) groups is 1. The Labute approximate surface area is 154 Å². The highest BCUT2D eigenvalue weighted by Gasteiger charge is 2.11. The van der Waals surface area contributed by atoms with Crippen LogP contribution in [0.25, 0.3) is 0 Å². The summed E-state index contributed by atoms with van der Waals surface area (Å²) in [6.07, 6.45) is 0.694. The molecule has 2 aromatic carbocycles. The van der Waals surface area contributed by atoms with Gasteiger partial charge in [-0.25, -0.2) is 0 Å². The highest BCUT2D eigenvalue weighted by molar-refractivity contribution is 7.80. The van der Waals surface area contributed by atoms with E-state index in [1.165, 1.54) is 0 Å². The zero-order valence-corrected chi connectivity index (χ0v) is 15.5. The van der Waals surface area contributed by atoms with Gasteiger partial charge in [0.15, 0.2) is 16.6 Å². The van der Waals surface area contributed by atoms with Crippen LogP contribution < -0.4 is 20.1 Å². The second kappa shape index (κ2) is 9.13. The maximum atomic E-state index is 9.76. The predicted octanol–water partition coefficient (Wildman–Crippen LogP) is 3.18. The van der Waals surface area contributed by atoms with Gasteiger partial charge >= 0.3 is 0 Å². The van der Waals surface area contributed by atoms with Gasteiger partial charge in [-0.1, -0.05) is 24.3 Å². The highest BCUT2D eigenvalue weighted by atomic mass is 32.1. The molecule has 2 rings (SSSR count). The summed E-state index contributed by atoms with van der Waals surface area (Å²) in [7, 11) is 3.23. The number of hydrogen-bond donors (Lipinski definition) is 3. The van der Waals surface area contributed by atoms with E-state index in [4.69, 9.17) is 21.7 Å². The monoisotopic (exact) mass is 360 g/mol. The third kappa shape index (κ3) is 5.26. The average Bonchev–Trinajstić information content (AvgIpc) is 2.62. The third-order valence-corrected chi connectivity index (χ3v) is 4.19. The molecule has 2 aromatic rings. The molecule has 1 atom stereocenters. The number of aromatic hydroxyl groups is 1. The van der Waals surface area contributed by atoms with Crippen molar-refractivity contribution in [2.24, 2.45) is 0 Å². The van der Waals surface area contributed by atoms with Crippen LogP contribution in [-0.4, -0.2) is 31.0 Å². The van der Waals surface area contributed by atoms with Crippen molar-refractivity contribution in [1.82, 2.24) is 10.6 Å². The Balaban J connectivity index is 1.86. The van der Waals surface area contributed by atoms with E-state index in [9.17, 15) is 5.11 Å². The summed E-state index contributed by atoms with van der Waals surface area (Å²) < 4.78 is 10.6. The number of nitrogens with one attached hydrogen (secondary N) is 2. The van der Waals surface area contributed by atoms with Crippen molar-refractivity contribution in [2.75, 3.05) is 20.8 Å². The van der Waals surface area contributed by atoms with Crippen molar-refractivity contribution in [3.63, 3.8) is 0 Å². The molecule has 0 spiro atoms. The zero-order valence-electron chi connectivity index (χ0n) is 14.7. The van der Waals surface area contributed by atoms with Crippen molar-refractivity contribution in [2.45, 2.75) is 19.4 Å².